The number of carbonyl (C=O) groups is 2. The van der Waals surface area contributed by atoms with Crippen molar-refractivity contribution in [3.8, 4) is 0 Å². The first-order chi connectivity index (χ1) is 10.7. The largest absolute Gasteiger partial charge is 0.463 e. The average molecular weight is 305 g/mol. The molecule has 1 aromatic carbocycles. The molecule has 2 rings (SSSR count). The van der Waals surface area contributed by atoms with E-state index in [0.29, 0.717) is 0 Å². The van der Waals surface area contributed by atoms with Gasteiger partial charge in [-0.2, -0.15) is 0 Å². The van der Waals surface area contributed by atoms with E-state index < -0.39 is 11.9 Å². The maximum absolute atomic E-state index is 12.3. The molecule has 0 unspecified atom stereocenters. The normalized spacial score (nSPS) is 14.7. The van der Waals surface area contributed by atoms with Crippen LogP contribution in [0.15, 0.2) is 41.6 Å². The highest BCUT2D eigenvalue weighted by atomic mass is 16.5. The number of anilines is 1. The molecule has 118 valence electrons. The Morgan fingerprint density at radius 3 is 2.36 bits per heavy atom. The van der Waals surface area contributed by atoms with Gasteiger partial charge in [-0.3, -0.25) is 0 Å². The van der Waals surface area contributed by atoms with Crippen molar-refractivity contribution in [1.29, 1.82) is 0 Å². The number of hydrogen-bond donors (Lipinski definition) is 0. The van der Waals surface area contributed by atoms with E-state index in [1.807, 2.05) is 30.3 Å². The van der Waals surface area contributed by atoms with E-state index in [1.165, 1.54) is 0 Å². The Morgan fingerprint density at radius 2 is 1.73 bits per heavy atom. The van der Waals surface area contributed by atoms with Gasteiger partial charge in [0.1, 0.15) is 12.4 Å². The topological polar surface area (TPSA) is 65.1 Å². The number of hydrogen-bond acceptors (Lipinski definition) is 6. The summed E-state index contributed by atoms with van der Waals surface area (Å²) in [5, 5.41) is 0. The van der Waals surface area contributed by atoms with Gasteiger partial charge in [-0.25, -0.2) is 9.59 Å². The monoisotopic (exact) mass is 305 g/mol. The van der Waals surface area contributed by atoms with E-state index >= 15 is 0 Å². The van der Waals surface area contributed by atoms with Crippen LogP contribution in [0.5, 0.6) is 0 Å². The van der Waals surface area contributed by atoms with Gasteiger partial charge in [0.15, 0.2) is 0 Å². The minimum Gasteiger partial charge on any atom is -0.463 e. The Bertz CT molecular complexity index is 567. The van der Waals surface area contributed by atoms with Crippen molar-refractivity contribution in [2.75, 3.05) is 31.5 Å². The first kappa shape index (κ1) is 16.0. The second-order valence-electron chi connectivity index (χ2n) is 4.51. The molecular formula is C16H19NO5. The second kappa shape index (κ2) is 7.61. The molecule has 0 saturated heterocycles. The molecule has 0 saturated carbocycles. The molecule has 1 aliphatic heterocycles. The summed E-state index contributed by atoms with van der Waals surface area (Å²) in [4.78, 5) is 26.0. The summed E-state index contributed by atoms with van der Waals surface area (Å²) >= 11 is 0. The van der Waals surface area contributed by atoms with Crippen LogP contribution in [-0.4, -0.2) is 38.5 Å². The van der Waals surface area contributed by atoms with E-state index in [0.717, 1.165) is 5.69 Å². The molecule has 6 nitrogen and oxygen atoms in total. The van der Waals surface area contributed by atoms with Crippen molar-refractivity contribution in [3.05, 3.63) is 41.6 Å². The lowest BCUT2D eigenvalue weighted by Gasteiger charge is -2.31. The van der Waals surface area contributed by atoms with Gasteiger partial charge in [0.25, 0.3) is 0 Å². The first-order valence-electron chi connectivity index (χ1n) is 7.16. The lowest BCUT2D eigenvalue weighted by Crippen LogP contribution is -2.39. The van der Waals surface area contributed by atoms with Gasteiger partial charge < -0.3 is 19.1 Å². The Labute approximate surface area is 129 Å². The van der Waals surface area contributed by atoms with E-state index in [9.17, 15) is 9.59 Å². The van der Waals surface area contributed by atoms with E-state index in [-0.39, 0.29) is 37.8 Å². The van der Waals surface area contributed by atoms with E-state index in [4.69, 9.17) is 14.2 Å². The van der Waals surface area contributed by atoms with Gasteiger partial charge in [-0.1, -0.05) is 18.2 Å². The van der Waals surface area contributed by atoms with Gasteiger partial charge in [0.05, 0.1) is 25.4 Å². The molecular weight excluding hydrogens is 286 g/mol. The van der Waals surface area contributed by atoms with Crippen molar-refractivity contribution in [2.45, 2.75) is 13.8 Å². The molecule has 0 bridgehead atoms. The zero-order valence-corrected chi connectivity index (χ0v) is 12.7. The third kappa shape index (κ3) is 3.46. The lowest BCUT2D eigenvalue weighted by molar-refractivity contribution is -0.143. The minimum absolute atomic E-state index is 0.0241. The molecule has 6 heteroatoms. The average Bonchev–Trinajstić information content (AvgIpc) is 2.55. The fourth-order valence-corrected chi connectivity index (χ4v) is 2.15. The molecule has 1 aliphatic rings. The molecule has 0 atom stereocenters. The molecule has 0 spiro atoms. The van der Waals surface area contributed by atoms with Crippen LogP contribution in [0.3, 0.4) is 0 Å². The van der Waals surface area contributed by atoms with Gasteiger partial charge in [0.2, 0.25) is 0 Å². The number of esters is 2. The van der Waals surface area contributed by atoms with Crippen LogP contribution in [0, 0.1) is 0 Å². The van der Waals surface area contributed by atoms with Crippen LogP contribution in [0.2, 0.25) is 0 Å². The Kier molecular flexibility index (Phi) is 5.55. The van der Waals surface area contributed by atoms with E-state index in [2.05, 4.69) is 0 Å². The van der Waals surface area contributed by atoms with Crippen molar-refractivity contribution in [3.63, 3.8) is 0 Å². The van der Waals surface area contributed by atoms with Gasteiger partial charge in [-0.15, -0.1) is 0 Å². The summed E-state index contributed by atoms with van der Waals surface area (Å²) in [6.45, 7) is 4.07. The number of rotatable bonds is 5. The fourth-order valence-electron chi connectivity index (χ4n) is 2.15. The molecule has 1 heterocycles. The van der Waals surface area contributed by atoms with Crippen LogP contribution in [0.25, 0.3) is 0 Å². The number of benzene rings is 1. The number of para-hydroxylation sites is 1. The molecule has 0 aliphatic carbocycles. The van der Waals surface area contributed by atoms with Crippen molar-refractivity contribution in [1.82, 2.24) is 0 Å². The lowest BCUT2D eigenvalue weighted by atomic mass is 10.1. The van der Waals surface area contributed by atoms with Crippen molar-refractivity contribution >= 4 is 17.6 Å². The van der Waals surface area contributed by atoms with E-state index in [1.54, 1.807) is 18.7 Å². The van der Waals surface area contributed by atoms with Crippen LogP contribution < -0.4 is 4.90 Å². The Hall–Kier alpha value is -2.34. The zero-order chi connectivity index (χ0) is 15.9. The number of ether oxygens (including phenoxy) is 3. The highest BCUT2D eigenvalue weighted by molar-refractivity contribution is 6.03. The summed E-state index contributed by atoms with van der Waals surface area (Å²) in [5.41, 5.74) is 1.10. The summed E-state index contributed by atoms with van der Waals surface area (Å²) < 4.78 is 15.5. The third-order valence-electron chi connectivity index (χ3n) is 3.08. The third-order valence-corrected chi connectivity index (χ3v) is 3.08. The smallest absolute Gasteiger partial charge is 0.355 e. The minimum atomic E-state index is -0.564. The predicted octanol–water partition coefficient (Wildman–Crippen LogP) is 1.86. The SMILES string of the molecule is CCOC(=O)C1=C(C(=O)OCC)N(c2ccccc2)COC1. The highest BCUT2D eigenvalue weighted by Crippen LogP contribution is 2.26. The molecule has 0 amide bonds. The maximum atomic E-state index is 12.3. The Balaban J connectivity index is 2.45. The maximum Gasteiger partial charge on any atom is 0.355 e. The standard InChI is InChI=1S/C16H19NO5/c1-3-21-15(18)13-10-20-11-17(12-8-6-5-7-9-12)14(13)16(19)22-4-2/h5-9H,3-4,10-11H2,1-2H3. The molecule has 1 aromatic rings. The summed E-state index contributed by atoms with van der Waals surface area (Å²) in [6, 6.07) is 9.22. The number of nitrogens with zero attached hydrogens (tertiary/aromatic N) is 1. The molecule has 0 aromatic heterocycles. The summed E-state index contributed by atoms with van der Waals surface area (Å²) in [6.07, 6.45) is 0. The predicted molar refractivity (Wildman–Crippen MR) is 80.0 cm³/mol. The van der Waals surface area contributed by atoms with Crippen LogP contribution in [0.1, 0.15) is 13.8 Å². The number of carbonyl (C=O) groups excluding carboxylic acids is 2. The summed E-state index contributed by atoms with van der Waals surface area (Å²) in [7, 11) is 0. The molecule has 22 heavy (non-hydrogen) atoms. The zero-order valence-electron chi connectivity index (χ0n) is 12.7. The van der Waals surface area contributed by atoms with Crippen molar-refractivity contribution < 1.29 is 23.8 Å². The van der Waals surface area contributed by atoms with Gasteiger partial charge in [0, 0.05) is 5.69 Å². The molecule has 0 radical (unpaired) electrons. The van der Waals surface area contributed by atoms with Crippen molar-refractivity contribution in [2.24, 2.45) is 0 Å². The highest BCUT2D eigenvalue weighted by Gasteiger charge is 2.32. The molecule has 0 fully saturated rings. The van der Waals surface area contributed by atoms with Crippen LogP contribution in [-0.2, 0) is 23.8 Å². The second-order valence-corrected chi connectivity index (χ2v) is 4.51. The fraction of sp³-hybridized carbons (Fsp3) is 0.375. The van der Waals surface area contributed by atoms with Gasteiger partial charge >= 0.3 is 11.9 Å². The quantitative estimate of drug-likeness (QED) is 0.774. The Morgan fingerprint density at radius 1 is 1.09 bits per heavy atom. The molecule has 0 N–H and O–H groups in total. The van der Waals surface area contributed by atoms with Crippen LogP contribution >= 0.6 is 0 Å². The van der Waals surface area contributed by atoms with Crippen LogP contribution in [0.4, 0.5) is 5.69 Å². The van der Waals surface area contributed by atoms with Gasteiger partial charge in [-0.05, 0) is 26.0 Å². The summed E-state index contributed by atoms with van der Waals surface area (Å²) in [5.74, 6) is -1.12. The first-order valence-corrected chi connectivity index (χ1v) is 7.16.